The molecule has 156 valence electrons. The number of hydrogen-bond donors (Lipinski definition) is 0. The number of benzene rings is 6. The van der Waals surface area contributed by atoms with Crippen LogP contribution in [0.4, 0.5) is 0 Å². The zero-order valence-electron chi connectivity index (χ0n) is 18.2. The molecule has 0 atom stereocenters. The van der Waals surface area contributed by atoms with Crippen molar-refractivity contribution in [3.63, 3.8) is 0 Å². The van der Waals surface area contributed by atoms with Gasteiger partial charge in [0.15, 0.2) is 0 Å². The Morgan fingerprint density at radius 3 is 1.94 bits per heavy atom. The van der Waals surface area contributed by atoms with Crippen LogP contribution in [-0.4, -0.2) is 11.7 Å². The van der Waals surface area contributed by atoms with Gasteiger partial charge in [0, 0.05) is 21.8 Å². The predicted molar refractivity (Wildman–Crippen MR) is 140 cm³/mol. The predicted octanol–water partition coefficient (Wildman–Crippen LogP) is 8.25. The first kappa shape index (κ1) is 18.3. The van der Waals surface area contributed by atoms with Crippen LogP contribution in [0.5, 0.6) is 5.75 Å². The fourth-order valence-corrected chi connectivity index (χ4v) is 5.44. The highest BCUT2D eigenvalue weighted by molar-refractivity contribution is 6.35. The standard InChI is InChI=1S/C31H21NO/c1-33-22-17-15-20-16-18-28-29(27(20)19-22)30-25-13-7-5-11-23(25)24-12-6-8-14-26(24)31(30)32(28)21-9-3-2-4-10-21/h2-19H,1H3. The summed E-state index contributed by atoms with van der Waals surface area (Å²) in [6.07, 6.45) is 0. The number of methoxy groups -OCH3 is 1. The van der Waals surface area contributed by atoms with Gasteiger partial charge < -0.3 is 9.30 Å². The highest BCUT2D eigenvalue weighted by atomic mass is 16.5. The lowest BCUT2D eigenvalue weighted by atomic mass is 9.95. The van der Waals surface area contributed by atoms with E-state index in [0.717, 1.165) is 5.75 Å². The molecular weight excluding hydrogens is 402 g/mol. The molecule has 33 heavy (non-hydrogen) atoms. The molecule has 0 saturated heterocycles. The van der Waals surface area contributed by atoms with Crippen molar-refractivity contribution in [1.82, 2.24) is 4.57 Å². The molecule has 0 radical (unpaired) electrons. The lowest BCUT2D eigenvalue weighted by Gasteiger charge is -2.12. The Balaban J connectivity index is 1.87. The lowest BCUT2D eigenvalue weighted by molar-refractivity contribution is 0.415. The van der Waals surface area contributed by atoms with Gasteiger partial charge in [0.05, 0.1) is 18.1 Å². The third-order valence-electron chi connectivity index (χ3n) is 6.84. The van der Waals surface area contributed by atoms with E-state index in [2.05, 4.69) is 108 Å². The molecule has 2 heteroatoms. The monoisotopic (exact) mass is 423 g/mol. The Hall–Kier alpha value is -4.30. The van der Waals surface area contributed by atoms with Gasteiger partial charge >= 0.3 is 0 Å². The van der Waals surface area contributed by atoms with Crippen LogP contribution >= 0.6 is 0 Å². The first-order chi connectivity index (χ1) is 16.3. The minimum absolute atomic E-state index is 0.876. The topological polar surface area (TPSA) is 14.2 Å². The summed E-state index contributed by atoms with van der Waals surface area (Å²) < 4.78 is 8.05. The fraction of sp³-hybridized carbons (Fsp3) is 0.0323. The minimum Gasteiger partial charge on any atom is -0.497 e. The van der Waals surface area contributed by atoms with Gasteiger partial charge in [0.1, 0.15) is 5.75 Å². The van der Waals surface area contributed by atoms with Crippen LogP contribution in [0.2, 0.25) is 0 Å². The van der Waals surface area contributed by atoms with E-state index in [1.165, 1.54) is 59.8 Å². The largest absolute Gasteiger partial charge is 0.497 e. The van der Waals surface area contributed by atoms with E-state index in [1.807, 2.05) is 6.07 Å². The third kappa shape index (κ3) is 2.49. The van der Waals surface area contributed by atoms with Gasteiger partial charge in [-0.05, 0) is 57.3 Å². The number of rotatable bonds is 2. The molecule has 2 nitrogen and oxygen atoms in total. The maximum Gasteiger partial charge on any atom is 0.119 e. The average Bonchev–Trinajstić information content (AvgIpc) is 3.25. The van der Waals surface area contributed by atoms with Crippen LogP contribution in [0.15, 0.2) is 109 Å². The average molecular weight is 424 g/mol. The molecule has 7 rings (SSSR count). The Kier molecular flexibility index (Phi) is 3.80. The Morgan fingerprint density at radius 1 is 0.545 bits per heavy atom. The summed E-state index contributed by atoms with van der Waals surface area (Å²) in [6.45, 7) is 0. The molecular formula is C31H21NO. The van der Waals surface area contributed by atoms with Crippen molar-refractivity contribution in [2.45, 2.75) is 0 Å². The van der Waals surface area contributed by atoms with Gasteiger partial charge in [-0.25, -0.2) is 0 Å². The molecule has 6 aromatic carbocycles. The summed E-state index contributed by atoms with van der Waals surface area (Å²) >= 11 is 0. The number of aromatic nitrogens is 1. The van der Waals surface area contributed by atoms with Crippen LogP contribution in [0.25, 0.3) is 59.8 Å². The zero-order chi connectivity index (χ0) is 21.9. The van der Waals surface area contributed by atoms with E-state index in [1.54, 1.807) is 7.11 Å². The van der Waals surface area contributed by atoms with Gasteiger partial charge in [0.25, 0.3) is 0 Å². The second kappa shape index (κ2) is 6.85. The van der Waals surface area contributed by atoms with Crippen LogP contribution < -0.4 is 4.74 Å². The Labute approximate surface area is 191 Å². The second-order valence-electron chi connectivity index (χ2n) is 8.53. The fourth-order valence-electron chi connectivity index (χ4n) is 5.44. The van der Waals surface area contributed by atoms with E-state index in [0.29, 0.717) is 0 Å². The first-order valence-electron chi connectivity index (χ1n) is 11.2. The molecule has 0 N–H and O–H groups in total. The summed E-state index contributed by atoms with van der Waals surface area (Å²) in [5, 5.41) is 10.1. The summed E-state index contributed by atoms with van der Waals surface area (Å²) in [4.78, 5) is 0. The van der Waals surface area contributed by atoms with Crippen molar-refractivity contribution in [1.29, 1.82) is 0 Å². The normalized spacial score (nSPS) is 11.8. The van der Waals surface area contributed by atoms with Crippen molar-refractivity contribution >= 4 is 54.1 Å². The van der Waals surface area contributed by atoms with Crippen LogP contribution in [-0.2, 0) is 0 Å². The smallest absolute Gasteiger partial charge is 0.119 e. The minimum atomic E-state index is 0.876. The molecule has 7 aromatic rings. The Morgan fingerprint density at radius 2 is 1.18 bits per heavy atom. The second-order valence-corrected chi connectivity index (χ2v) is 8.53. The first-order valence-corrected chi connectivity index (χ1v) is 11.2. The molecule has 1 aromatic heterocycles. The van der Waals surface area contributed by atoms with Crippen molar-refractivity contribution in [2.75, 3.05) is 7.11 Å². The molecule has 0 aliphatic rings. The van der Waals surface area contributed by atoms with Crippen LogP contribution in [0, 0.1) is 0 Å². The molecule has 0 unspecified atom stereocenters. The molecule has 0 spiro atoms. The van der Waals surface area contributed by atoms with Crippen molar-refractivity contribution < 1.29 is 4.74 Å². The number of nitrogens with zero attached hydrogens (tertiary/aromatic N) is 1. The SMILES string of the molecule is COc1ccc2ccc3c(c2c1)c1c2ccccc2c2ccccc2c1n3-c1ccccc1. The molecule has 1 heterocycles. The number of fused-ring (bicyclic) bond motifs is 10. The maximum atomic E-state index is 5.63. The summed E-state index contributed by atoms with van der Waals surface area (Å²) in [5.41, 5.74) is 3.62. The molecule has 0 aliphatic heterocycles. The van der Waals surface area contributed by atoms with Gasteiger partial charge in [-0.2, -0.15) is 0 Å². The molecule has 0 bridgehead atoms. The van der Waals surface area contributed by atoms with Crippen molar-refractivity contribution in [2.24, 2.45) is 0 Å². The highest BCUT2D eigenvalue weighted by Crippen LogP contribution is 2.44. The van der Waals surface area contributed by atoms with Crippen LogP contribution in [0.1, 0.15) is 0 Å². The van der Waals surface area contributed by atoms with E-state index in [4.69, 9.17) is 4.74 Å². The zero-order valence-corrected chi connectivity index (χ0v) is 18.2. The molecule has 0 amide bonds. The Bertz CT molecular complexity index is 1840. The number of ether oxygens (including phenoxy) is 1. The summed E-state index contributed by atoms with van der Waals surface area (Å²) in [6, 6.07) is 39.1. The lowest BCUT2D eigenvalue weighted by Crippen LogP contribution is -1.94. The van der Waals surface area contributed by atoms with Gasteiger partial charge in [0.2, 0.25) is 0 Å². The van der Waals surface area contributed by atoms with Gasteiger partial charge in [-0.15, -0.1) is 0 Å². The van der Waals surface area contributed by atoms with Crippen molar-refractivity contribution in [3.05, 3.63) is 109 Å². The van der Waals surface area contributed by atoms with Gasteiger partial charge in [-0.3, -0.25) is 0 Å². The van der Waals surface area contributed by atoms with Gasteiger partial charge in [-0.1, -0.05) is 78.9 Å². The van der Waals surface area contributed by atoms with E-state index < -0.39 is 0 Å². The quantitative estimate of drug-likeness (QED) is 0.255. The molecule has 0 fully saturated rings. The van der Waals surface area contributed by atoms with E-state index in [9.17, 15) is 0 Å². The number of para-hydroxylation sites is 1. The maximum absolute atomic E-state index is 5.63. The summed E-state index contributed by atoms with van der Waals surface area (Å²) in [5.74, 6) is 0.876. The van der Waals surface area contributed by atoms with Crippen LogP contribution in [0.3, 0.4) is 0 Å². The number of hydrogen-bond acceptors (Lipinski definition) is 1. The van der Waals surface area contributed by atoms with E-state index in [-0.39, 0.29) is 0 Å². The summed E-state index contributed by atoms with van der Waals surface area (Å²) in [7, 11) is 1.73. The molecule has 0 aliphatic carbocycles. The highest BCUT2D eigenvalue weighted by Gasteiger charge is 2.20. The molecule has 0 saturated carbocycles. The van der Waals surface area contributed by atoms with E-state index >= 15 is 0 Å². The third-order valence-corrected chi connectivity index (χ3v) is 6.84. The van der Waals surface area contributed by atoms with Crippen molar-refractivity contribution in [3.8, 4) is 11.4 Å².